The minimum absolute atomic E-state index is 0.176. The van der Waals surface area contributed by atoms with Gasteiger partial charge in [0.1, 0.15) is 11.6 Å². The van der Waals surface area contributed by atoms with Crippen LogP contribution in [-0.2, 0) is 13.1 Å². The van der Waals surface area contributed by atoms with Crippen LogP contribution in [0.25, 0.3) is 0 Å². The lowest BCUT2D eigenvalue weighted by atomic mass is 9.89. The first-order valence-corrected chi connectivity index (χ1v) is 14.0. The number of fused-ring (bicyclic) bond motifs is 3. The van der Waals surface area contributed by atoms with E-state index in [1.807, 2.05) is 36.4 Å². The molecule has 2 unspecified atom stereocenters. The van der Waals surface area contributed by atoms with Crippen LogP contribution in [0.1, 0.15) is 42.7 Å². The van der Waals surface area contributed by atoms with E-state index < -0.39 is 0 Å². The molecule has 2 aliphatic rings. The number of nitrogens with one attached hydrogen (secondary N) is 1. The van der Waals surface area contributed by atoms with Gasteiger partial charge in [-0.3, -0.25) is 4.98 Å². The molecule has 1 N–H and O–H groups in total. The third kappa shape index (κ3) is 5.25. The van der Waals surface area contributed by atoms with Crippen LogP contribution in [0.5, 0.6) is 0 Å². The van der Waals surface area contributed by atoms with Gasteiger partial charge in [0, 0.05) is 43.0 Å². The number of likely N-dealkylation sites (tertiary alicyclic amines) is 1. The Balaban J connectivity index is 1.06. The predicted octanol–water partition coefficient (Wildman–Crippen LogP) is 4.84. The first-order chi connectivity index (χ1) is 19.5. The van der Waals surface area contributed by atoms with Crippen LogP contribution in [0, 0.1) is 11.6 Å². The Morgan fingerprint density at radius 3 is 2.33 bits per heavy atom. The van der Waals surface area contributed by atoms with Gasteiger partial charge in [-0.2, -0.15) is 0 Å². The third-order valence-electron chi connectivity index (χ3n) is 8.24. The molecule has 2 atom stereocenters. The van der Waals surface area contributed by atoms with E-state index in [9.17, 15) is 18.4 Å². The molecule has 0 spiro atoms. The number of hydrogen-bond donors (Lipinski definition) is 1. The molecule has 2 aliphatic heterocycles. The lowest BCUT2D eigenvalue weighted by Crippen LogP contribution is -2.45. The fraction of sp³-hybridized carbons (Fsp3) is 0.355. The Labute approximate surface area is 231 Å². The Bertz CT molecular complexity index is 1580. The second-order valence-corrected chi connectivity index (χ2v) is 10.8. The zero-order valence-corrected chi connectivity index (χ0v) is 22.3. The van der Waals surface area contributed by atoms with Crippen molar-refractivity contribution in [3.8, 4) is 0 Å². The van der Waals surface area contributed by atoms with E-state index in [1.165, 1.54) is 27.6 Å². The summed E-state index contributed by atoms with van der Waals surface area (Å²) in [6, 6.07) is 21.4. The first-order valence-electron chi connectivity index (χ1n) is 14.0. The van der Waals surface area contributed by atoms with Crippen LogP contribution in [0.3, 0.4) is 0 Å². The number of aromatic nitrogens is 3. The van der Waals surface area contributed by atoms with Crippen LogP contribution >= 0.6 is 0 Å². The highest BCUT2D eigenvalue weighted by Crippen LogP contribution is 2.48. The molecule has 0 saturated carbocycles. The van der Waals surface area contributed by atoms with Crippen molar-refractivity contribution >= 4 is 11.4 Å². The SMILES string of the molecule is O=c1[nH]c(=O)n(Cc2ccccc2)n1CCCCCN1CCC2C(C1)c1cc(F)ccc1N2c1ccc(F)cc1. The van der Waals surface area contributed by atoms with E-state index in [1.54, 1.807) is 18.2 Å². The van der Waals surface area contributed by atoms with Gasteiger partial charge in [-0.15, -0.1) is 0 Å². The summed E-state index contributed by atoms with van der Waals surface area (Å²) in [4.78, 5) is 31.8. The number of unbranched alkanes of at least 4 members (excludes halogenated alkanes) is 2. The number of nitrogens with zero attached hydrogens (tertiary/aromatic N) is 4. The van der Waals surface area contributed by atoms with Crippen molar-refractivity contribution in [2.45, 2.75) is 50.7 Å². The van der Waals surface area contributed by atoms with Gasteiger partial charge in [0.15, 0.2) is 0 Å². The molecule has 40 heavy (non-hydrogen) atoms. The van der Waals surface area contributed by atoms with Crippen molar-refractivity contribution in [3.05, 3.63) is 117 Å². The molecule has 1 saturated heterocycles. The fourth-order valence-electron chi connectivity index (χ4n) is 6.33. The topological polar surface area (TPSA) is 66.3 Å². The molecule has 7 nitrogen and oxygen atoms in total. The quantitative estimate of drug-likeness (QED) is 0.306. The van der Waals surface area contributed by atoms with E-state index in [2.05, 4.69) is 14.8 Å². The molecule has 0 amide bonds. The van der Waals surface area contributed by atoms with Crippen LogP contribution < -0.4 is 16.3 Å². The van der Waals surface area contributed by atoms with E-state index in [0.717, 1.165) is 67.8 Å². The summed E-state index contributed by atoms with van der Waals surface area (Å²) in [6.07, 6.45) is 3.62. The smallest absolute Gasteiger partial charge is 0.337 e. The number of hydrogen-bond acceptors (Lipinski definition) is 4. The summed E-state index contributed by atoms with van der Waals surface area (Å²) in [6.45, 7) is 3.53. The molecule has 3 aromatic carbocycles. The lowest BCUT2D eigenvalue weighted by Gasteiger charge is -2.39. The Morgan fingerprint density at radius 1 is 0.800 bits per heavy atom. The second-order valence-electron chi connectivity index (χ2n) is 10.8. The number of aromatic amines is 1. The van der Waals surface area contributed by atoms with Gasteiger partial charge in [0.25, 0.3) is 0 Å². The predicted molar refractivity (Wildman–Crippen MR) is 151 cm³/mol. The molecule has 1 aromatic heterocycles. The van der Waals surface area contributed by atoms with E-state index >= 15 is 0 Å². The van der Waals surface area contributed by atoms with Crippen molar-refractivity contribution in [1.29, 1.82) is 0 Å². The highest BCUT2D eigenvalue weighted by Gasteiger charge is 2.42. The number of anilines is 2. The van der Waals surface area contributed by atoms with E-state index in [0.29, 0.717) is 13.1 Å². The minimum atomic E-state index is -0.389. The number of piperidine rings is 1. The molecule has 0 radical (unpaired) electrons. The molecular formula is C31H33F2N5O2. The van der Waals surface area contributed by atoms with E-state index in [-0.39, 0.29) is 35.0 Å². The minimum Gasteiger partial charge on any atom is -0.337 e. The van der Waals surface area contributed by atoms with Crippen molar-refractivity contribution < 1.29 is 8.78 Å². The third-order valence-corrected chi connectivity index (χ3v) is 8.24. The van der Waals surface area contributed by atoms with Crippen molar-refractivity contribution in [1.82, 2.24) is 19.2 Å². The Hall–Kier alpha value is -3.98. The molecule has 1 fully saturated rings. The lowest BCUT2D eigenvalue weighted by molar-refractivity contribution is 0.192. The maximum absolute atomic E-state index is 14.3. The van der Waals surface area contributed by atoms with Gasteiger partial charge < -0.3 is 9.80 Å². The van der Waals surface area contributed by atoms with Gasteiger partial charge in [0.2, 0.25) is 0 Å². The van der Waals surface area contributed by atoms with Crippen LogP contribution in [0.4, 0.5) is 20.2 Å². The zero-order valence-electron chi connectivity index (χ0n) is 22.3. The maximum Gasteiger partial charge on any atom is 0.344 e. The number of rotatable bonds is 9. The highest BCUT2D eigenvalue weighted by atomic mass is 19.1. The normalized spacial score (nSPS) is 18.6. The van der Waals surface area contributed by atoms with Gasteiger partial charge in [0.05, 0.1) is 6.54 Å². The van der Waals surface area contributed by atoms with Gasteiger partial charge >= 0.3 is 11.4 Å². The molecule has 4 aromatic rings. The second kappa shape index (κ2) is 11.3. The van der Waals surface area contributed by atoms with Crippen LogP contribution in [0.2, 0.25) is 0 Å². The molecule has 3 heterocycles. The molecule has 6 rings (SSSR count). The summed E-state index contributed by atoms with van der Waals surface area (Å²) in [5, 5.41) is 0. The van der Waals surface area contributed by atoms with Gasteiger partial charge in [-0.1, -0.05) is 36.8 Å². The summed E-state index contributed by atoms with van der Waals surface area (Å²) < 4.78 is 30.9. The Morgan fingerprint density at radius 2 is 1.52 bits per heavy atom. The monoisotopic (exact) mass is 545 g/mol. The fourth-order valence-corrected chi connectivity index (χ4v) is 6.33. The highest BCUT2D eigenvalue weighted by molar-refractivity contribution is 5.73. The van der Waals surface area contributed by atoms with Crippen molar-refractivity contribution in [2.75, 3.05) is 24.5 Å². The zero-order chi connectivity index (χ0) is 27.6. The summed E-state index contributed by atoms with van der Waals surface area (Å²) in [5.41, 5.74) is 3.15. The Kier molecular flexibility index (Phi) is 7.38. The van der Waals surface area contributed by atoms with Gasteiger partial charge in [-0.25, -0.2) is 27.7 Å². The van der Waals surface area contributed by atoms with Crippen molar-refractivity contribution in [2.24, 2.45) is 0 Å². The summed E-state index contributed by atoms with van der Waals surface area (Å²) in [5.74, 6) is -0.328. The molecule has 208 valence electrons. The largest absolute Gasteiger partial charge is 0.344 e. The van der Waals surface area contributed by atoms with Crippen LogP contribution in [0.15, 0.2) is 82.4 Å². The van der Waals surface area contributed by atoms with Crippen LogP contribution in [-0.4, -0.2) is 44.9 Å². The molecular weight excluding hydrogens is 512 g/mol. The first kappa shape index (κ1) is 26.3. The molecule has 0 aliphatic carbocycles. The standard InChI is InChI=1S/C31H33F2N5O2/c32-23-9-12-25(13-10-23)38-28-14-11-24(33)19-26(28)27-21-35(18-15-29(27)38)16-5-2-6-17-36-30(39)34-31(40)37(36)20-22-7-3-1-4-8-22/h1,3-4,7-14,19,27,29H,2,5-6,15-18,20-21H2,(H,34,39,40). The summed E-state index contributed by atoms with van der Waals surface area (Å²) in [7, 11) is 0. The molecule has 9 heteroatoms. The van der Waals surface area contributed by atoms with Crippen molar-refractivity contribution in [3.63, 3.8) is 0 Å². The maximum atomic E-state index is 14.3. The number of benzene rings is 3. The number of halogens is 2. The number of H-pyrrole nitrogens is 1. The van der Waals surface area contributed by atoms with E-state index in [4.69, 9.17) is 0 Å². The summed E-state index contributed by atoms with van der Waals surface area (Å²) >= 11 is 0. The van der Waals surface area contributed by atoms with Gasteiger partial charge in [-0.05, 0) is 79.4 Å². The molecule has 0 bridgehead atoms. The average Bonchev–Trinajstić information content (AvgIpc) is 3.41. The average molecular weight is 546 g/mol.